The average Bonchev–Trinajstić information content (AvgIpc) is 3.58. The summed E-state index contributed by atoms with van der Waals surface area (Å²) in [5.41, 5.74) is 6.94. The van der Waals surface area contributed by atoms with Crippen molar-refractivity contribution >= 4 is 34.6 Å². The Bertz CT molecular complexity index is 1170. The molecule has 0 radical (unpaired) electrons. The minimum absolute atomic E-state index is 0.00271. The predicted octanol–water partition coefficient (Wildman–Crippen LogP) is 2.76. The van der Waals surface area contributed by atoms with Crippen molar-refractivity contribution in [1.29, 1.82) is 0 Å². The van der Waals surface area contributed by atoms with Crippen LogP contribution in [0.5, 0.6) is 0 Å². The molecule has 0 spiro atoms. The molecule has 2 amide bonds. The zero-order valence-corrected chi connectivity index (χ0v) is 21.6. The summed E-state index contributed by atoms with van der Waals surface area (Å²) in [5, 5.41) is 12.2. The fourth-order valence-electron chi connectivity index (χ4n) is 6.52. The molecule has 2 aliphatic heterocycles. The molecule has 0 bridgehead atoms. The number of hydrogen-bond acceptors (Lipinski definition) is 6. The summed E-state index contributed by atoms with van der Waals surface area (Å²) >= 11 is 0. The summed E-state index contributed by atoms with van der Waals surface area (Å²) in [6.07, 6.45) is 6.83. The van der Waals surface area contributed by atoms with Gasteiger partial charge >= 0.3 is 5.97 Å². The number of rotatable bonds is 7. The number of carboxylic acids is 1. The SMILES string of the molecule is N[C@H](CF)[C@H]1CC[C@H](C(=O)N2CC[C@@H](N3CCCCC3)[C@H]2C(=O)Nc2ccc3[nH]c(C(=O)O)cc3n2)CC1. The van der Waals surface area contributed by atoms with Crippen molar-refractivity contribution in [3.8, 4) is 0 Å². The van der Waals surface area contributed by atoms with E-state index >= 15 is 0 Å². The highest BCUT2D eigenvalue weighted by Crippen LogP contribution is 2.35. The van der Waals surface area contributed by atoms with E-state index in [2.05, 4.69) is 20.2 Å². The molecule has 5 rings (SSSR count). The Labute approximate surface area is 221 Å². The van der Waals surface area contributed by atoms with Gasteiger partial charge in [-0.2, -0.15) is 0 Å². The van der Waals surface area contributed by atoms with E-state index in [1.807, 2.05) is 0 Å². The molecule has 5 N–H and O–H groups in total. The number of likely N-dealkylation sites (tertiary alicyclic amines) is 2. The van der Waals surface area contributed by atoms with Gasteiger partial charge in [-0.15, -0.1) is 0 Å². The number of fused-ring (bicyclic) bond motifs is 1. The van der Waals surface area contributed by atoms with Crippen molar-refractivity contribution in [2.45, 2.75) is 69.5 Å². The van der Waals surface area contributed by atoms with Crippen LogP contribution >= 0.6 is 0 Å². The van der Waals surface area contributed by atoms with Gasteiger partial charge in [-0.05, 0) is 82.2 Å². The van der Waals surface area contributed by atoms with Crippen LogP contribution in [-0.2, 0) is 9.59 Å². The molecule has 3 fully saturated rings. The maximum Gasteiger partial charge on any atom is 0.352 e. The maximum absolute atomic E-state index is 13.8. The molecule has 38 heavy (non-hydrogen) atoms. The number of nitrogens with two attached hydrogens (primary N) is 1. The lowest BCUT2D eigenvalue weighted by molar-refractivity contribution is -0.142. The van der Waals surface area contributed by atoms with E-state index in [-0.39, 0.29) is 35.4 Å². The maximum atomic E-state index is 13.8. The second-order valence-corrected chi connectivity index (χ2v) is 11.0. The zero-order chi connectivity index (χ0) is 26.8. The molecule has 3 atom stereocenters. The van der Waals surface area contributed by atoms with E-state index in [1.54, 1.807) is 17.0 Å². The minimum atomic E-state index is -1.08. The number of carboxylic acid groups (broad SMARTS) is 1. The molecule has 10 nitrogen and oxygen atoms in total. The van der Waals surface area contributed by atoms with E-state index in [0.717, 1.165) is 45.2 Å². The molecule has 2 aromatic heterocycles. The van der Waals surface area contributed by atoms with Gasteiger partial charge in [0.25, 0.3) is 0 Å². The van der Waals surface area contributed by atoms with Gasteiger partial charge < -0.3 is 26.0 Å². The lowest BCUT2D eigenvalue weighted by Crippen LogP contribution is -2.55. The molecule has 206 valence electrons. The number of carbonyl (C=O) groups is 3. The molecule has 0 aromatic carbocycles. The Morgan fingerprint density at radius 3 is 2.53 bits per heavy atom. The molecule has 2 aromatic rings. The van der Waals surface area contributed by atoms with Crippen molar-refractivity contribution in [3.05, 3.63) is 23.9 Å². The number of halogens is 1. The van der Waals surface area contributed by atoms with Gasteiger partial charge in [-0.1, -0.05) is 6.42 Å². The first-order valence-corrected chi connectivity index (χ1v) is 13.8. The van der Waals surface area contributed by atoms with Crippen LogP contribution in [0.25, 0.3) is 11.0 Å². The monoisotopic (exact) mass is 528 g/mol. The number of carbonyl (C=O) groups excluding carboxylic acids is 2. The largest absolute Gasteiger partial charge is 0.477 e. The van der Waals surface area contributed by atoms with E-state index in [4.69, 9.17) is 5.73 Å². The summed E-state index contributed by atoms with van der Waals surface area (Å²) in [6, 6.07) is 3.57. The second kappa shape index (κ2) is 11.4. The van der Waals surface area contributed by atoms with Crippen molar-refractivity contribution in [2.24, 2.45) is 17.6 Å². The Hall–Kier alpha value is -3.05. The first-order valence-electron chi connectivity index (χ1n) is 13.8. The van der Waals surface area contributed by atoms with Gasteiger partial charge in [0.2, 0.25) is 11.8 Å². The minimum Gasteiger partial charge on any atom is -0.477 e. The van der Waals surface area contributed by atoms with Crippen LogP contribution in [0.4, 0.5) is 10.2 Å². The predicted molar refractivity (Wildman–Crippen MR) is 140 cm³/mol. The van der Waals surface area contributed by atoms with Crippen LogP contribution in [0.15, 0.2) is 18.2 Å². The van der Waals surface area contributed by atoms with Gasteiger partial charge in [0.05, 0.1) is 11.0 Å². The summed E-state index contributed by atoms with van der Waals surface area (Å²) in [6.45, 7) is 1.80. The van der Waals surface area contributed by atoms with Crippen molar-refractivity contribution in [2.75, 3.05) is 31.6 Å². The molecule has 4 heterocycles. The van der Waals surface area contributed by atoms with E-state index in [9.17, 15) is 23.9 Å². The lowest BCUT2D eigenvalue weighted by atomic mass is 9.78. The number of amides is 2. The smallest absolute Gasteiger partial charge is 0.352 e. The molecule has 2 saturated heterocycles. The summed E-state index contributed by atoms with van der Waals surface area (Å²) in [5.74, 6) is -1.14. The number of aromatic nitrogens is 2. The van der Waals surface area contributed by atoms with Crippen LogP contribution in [0.2, 0.25) is 0 Å². The molecular weight excluding hydrogens is 491 g/mol. The molecule has 11 heteroatoms. The van der Waals surface area contributed by atoms with E-state index in [1.165, 1.54) is 12.5 Å². The van der Waals surface area contributed by atoms with Gasteiger partial charge in [-0.3, -0.25) is 14.5 Å². The molecule has 1 saturated carbocycles. The first-order chi connectivity index (χ1) is 18.4. The van der Waals surface area contributed by atoms with Gasteiger partial charge in [0, 0.05) is 24.5 Å². The molecular formula is C27H37FN6O4. The van der Waals surface area contributed by atoms with Crippen LogP contribution in [-0.4, -0.2) is 87.1 Å². The first kappa shape index (κ1) is 26.6. The molecule has 0 unspecified atom stereocenters. The van der Waals surface area contributed by atoms with Crippen LogP contribution in [0.3, 0.4) is 0 Å². The van der Waals surface area contributed by atoms with Crippen molar-refractivity contribution in [1.82, 2.24) is 19.8 Å². The van der Waals surface area contributed by atoms with E-state index in [0.29, 0.717) is 36.2 Å². The lowest BCUT2D eigenvalue weighted by Gasteiger charge is -2.38. The second-order valence-electron chi connectivity index (χ2n) is 11.0. The zero-order valence-electron chi connectivity index (χ0n) is 21.6. The molecule has 3 aliphatic rings. The summed E-state index contributed by atoms with van der Waals surface area (Å²) in [4.78, 5) is 50.1. The van der Waals surface area contributed by atoms with E-state index < -0.39 is 24.7 Å². The third-order valence-corrected chi connectivity index (χ3v) is 8.64. The number of alkyl halides is 1. The van der Waals surface area contributed by atoms with Crippen LogP contribution < -0.4 is 11.1 Å². The van der Waals surface area contributed by atoms with Gasteiger partial charge in [-0.25, -0.2) is 14.2 Å². The Kier molecular flexibility index (Phi) is 7.94. The van der Waals surface area contributed by atoms with Gasteiger partial charge in [0.1, 0.15) is 24.2 Å². The number of aromatic amines is 1. The number of anilines is 1. The highest BCUT2D eigenvalue weighted by Gasteiger charge is 2.46. The standard InChI is InChI=1S/C27H37FN6O4/c28-15-18(29)16-4-6-17(7-5-16)26(36)34-13-10-22(33-11-2-1-3-12-33)24(34)25(35)32-23-9-8-19-20(31-23)14-21(30-19)27(37)38/h8-9,14,16-18,22,24,30H,1-7,10-13,15,29H2,(H,37,38)(H,31,32,35)/t16-,17-,18-,22-,24+/m1/s1. The highest BCUT2D eigenvalue weighted by molar-refractivity contribution is 5.99. The number of hydrogen-bond donors (Lipinski definition) is 4. The van der Waals surface area contributed by atoms with Gasteiger partial charge in [0.15, 0.2) is 0 Å². The Balaban J connectivity index is 1.34. The number of piperidine rings is 1. The van der Waals surface area contributed by atoms with Crippen molar-refractivity contribution in [3.63, 3.8) is 0 Å². The number of nitrogens with one attached hydrogen (secondary N) is 2. The fraction of sp³-hybridized carbons (Fsp3) is 0.630. The summed E-state index contributed by atoms with van der Waals surface area (Å²) in [7, 11) is 0. The van der Waals surface area contributed by atoms with Crippen LogP contribution in [0, 0.1) is 11.8 Å². The summed E-state index contributed by atoms with van der Waals surface area (Å²) < 4.78 is 13.1. The van der Waals surface area contributed by atoms with Crippen LogP contribution in [0.1, 0.15) is 61.9 Å². The third kappa shape index (κ3) is 5.40. The topological polar surface area (TPSA) is 145 Å². The third-order valence-electron chi connectivity index (χ3n) is 8.64. The highest BCUT2D eigenvalue weighted by atomic mass is 19.1. The average molecular weight is 529 g/mol. The number of nitrogens with zero attached hydrogens (tertiary/aromatic N) is 3. The number of aromatic carboxylic acids is 1. The molecule has 1 aliphatic carbocycles. The fourth-order valence-corrected chi connectivity index (χ4v) is 6.52. The van der Waals surface area contributed by atoms with Crippen molar-refractivity contribution < 1.29 is 23.9 Å². The number of pyridine rings is 1. The normalized spacial score (nSPS) is 27.4. The Morgan fingerprint density at radius 2 is 1.84 bits per heavy atom. The Morgan fingerprint density at radius 1 is 1.11 bits per heavy atom. The quantitative estimate of drug-likeness (QED) is 0.432. The number of H-pyrrole nitrogens is 1.